The van der Waals surface area contributed by atoms with Crippen LogP contribution >= 0.6 is 0 Å². The van der Waals surface area contributed by atoms with Gasteiger partial charge in [0, 0.05) is 65.5 Å². The van der Waals surface area contributed by atoms with Crippen LogP contribution in [0.3, 0.4) is 0 Å². The highest BCUT2D eigenvalue weighted by Gasteiger charge is 2.53. The summed E-state index contributed by atoms with van der Waals surface area (Å²) in [5.41, 5.74) is 13.5. The maximum Gasteiger partial charge on any atom is 0.329 e. The Morgan fingerprint density at radius 2 is 1.62 bits per heavy atom. The quantitative estimate of drug-likeness (QED) is 0.0792. The number of carbonyl (C=O) groups is 5. The van der Waals surface area contributed by atoms with Gasteiger partial charge in [0.05, 0.1) is 24.4 Å². The molecule has 1 aliphatic carbocycles. The van der Waals surface area contributed by atoms with Gasteiger partial charge in [0.1, 0.15) is 30.1 Å². The van der Waals surface area contributed by atoms with Crippen LogP contribution in [0.2, 0.25) is 0 Å². The van der Waals surface area contributed by atoms with Crippen LogP contribution in [0.1, 0.15) is 126 Å². The Balaban J connectivity index is 1.76. The number of aliphatic hydroxyl groups excluding tert-OH is 2. The van der Waals surface area contributed by atoms with E-state index in [4.69, 9.17) is 30.4 Å². The van der Waals surface area contributed by atoms with Gasteiger partial charge in [-0.05, 0) is 107 Å². The van der Waals surface area contributed by atoms with Crippen LogP contribution in [0.25, 0.3) is 0 Å². The molecule has 72 heavy (non-hydrogen) atoms. The lowest BCUT2D eigenvalue weighted by Gasteiger charge is -2.42. The van der Waals surface area contributed by atoms with E-state index in [1.54, 1.807) is 59.9 Å². The van der Waals surface area contributed by atoms with Gasteiger partial charge < -0.3 is 55.5 Å². The summed E-state index contributed by atoms with van der Waals surface area (Å²) < 4.78 is 23.7. The van der Waals surface area contributed by atoms with Gasteiger partial charge in [0.25, 0.3) is 11.7 Å². The monoisotopic (exact) mass is 1010 g/mol. The summed E-state index contributed by atoms with van der Waals surface area (Å²) in [6.07, 6.45) is 10.5. The number of guanidine groups is 2. The number of ketones is 3. The smallest absolute Gasteiger partial charge is 0.329 e. The van der Waals surface area contributed by atoms with Crippen molar-refractivity contribution in [2.45, 2.75) is 180 Å². The summed E-state index contributed by atoms with van der Waals surface area (Å²) in [7, 11) is 6.35. The largest absolute Gasteiger partial charge is 0.460 e. The molecule has 0 radical (unpaired) electrons. The highest BCUT2D eigenvalue weighted by atomic mass is 16.6. The summed E-state index contributed by atoms with van der Waals surface area (Å²) in [5, 5.41) is 34.2. The van der Waals surface area contributed by atoms with Gasteiger partial charge in [-0.1, -0.05) is 71.1 Å². The average Bonchev–Trinajstić information content (AvgIpc) is 3.34. The van der Waals surface area contributed by atoms with E-state index in [0.29, 0.717) is 63.4 Å². The number of aliphatic imine (C=N–C) groups is 2. The maximum atomic E-state index is 14.5. The normalized spacial score (nSPS) is 38.1. The lowest BCUT2D eigenvalue weighted by molar-refractivity contribution is -0.263. The number of esters is 1. The number of nitrogens with two attached hydrogens (primary N) is 2. The molecule has 0 aromatic heterocycles. The number of aliphatic hydroxyl groups is 3. The Bertz CT molecular complexity index is 2070. The van der Waals surface area contributed by atoms with E-state index in [1.807, 2.05) is 51.2 Å². The topological polar surface area (TPSA) is 266 Å². The van der Waals surface area contributed by atoms with E-state index in [-0.39, 0.29) is 73.2 Å². The first kappa shape index (κ1) is 60.0. The Morgan fingerprint density at radius 3 is 2.29 bits per heavy atom. The van der Waals surface area contributed by atoms with Crippen molar-refractivity contribution in [2.24, 2.45) is 57.0 Å². The Morgan fingerprint density at radius 1 is 0.917 bits per heavy atom. The molecular formula is C54H86N6O12. The van der Waals surface area contributed by atoms with Gasteiger partial charge in [0.15, 0.2) is 11.7 Å². The molecule has 2 saturated heterocycles. The lowest BCUT2D eigenvalue weighted by atomic mass is 9.78. The zero-order valence-electron chi connectivity index (χ0n) is 44.7. The van der Waals surface area contributed by atoms with E-state index in [9.17, 15) is 39.3 Å². The van der Waals surface area contributed by atoms with E-state index < -0.39 is 83.8 Å². The molecule has 4 aliphatic rings. The zero-order chi connectivity index (χ0) is 53.6. The molecule has 3 heterocycles. The minimum atomic E-state index is -2.53. The molecule has 3 fully saturated rings. The fraction of sp³-hybridized carbons (Fsp3) is 0.722. The van der Waals surface area contributed by atoms with E-state index >= 15 is 0 Å². The molecule has 2 bridgehead atoms. The van der Waals surface area contributed by atoms with Gasteiger partial charge in [-0.15, -0.1) is 0 Å². The Kier molecular flexibility index (Phi) is 23.0. The van der Waals surface area contributed by atoms with E-state index in [1.165, 1.54) is 7.11 Å². The predicted molar refractivity (Wildman–Crippen MR) is 275 cm³/mol. The van der Waals surface area contributed by atoms with Gasteiger partial charge >= 0.3 is 5.97 Å². The van der Waals surface area contributed by atoms with Gasteiger partial charge in [0.2, 0.25) is 11.7 Å². The number of amides is 1. The first-order valence-corrected chi connectivity index (χ1v) is 25.9. The molecule has 1 amide bonds. The third-order valence-corrected chi connectivity index (χ3v) is 15.2. The molecule has 7 N–H and O–H groups in total. The van der Waals surface area contributed by atoms with Crippen LogP contribution in [-0.2, 0) is 42.9 Å². The zero-order valence-corrected chi connectivity index (χ0v) is 44.7. The highest BCUT2D eigenvalue weighted by molar-refractivity contribution is 6.39. The minimum Gasteiger partial charge on any atom is -0.460 e. The maximum absolute atomic E-state index is 14.5. The molecule has 18 nitrogen and oxygen atoms in total. The Labute approximate surface area is 427 Å². The summed E-state index contributed by atoms with van der Waals surface area (Å²) in [5.74, 6) is -8.46. The van der Waals surface area contributed by atoms with Crippen molar-refractivity contribution in [1.29, 1.82) is 0 Å². The van der Waals surface area contributed by atoms with Crippen LogP contribution in [-0.4, -0.2) is 156 Å². The number of hydrogen-bond acceptors (Lipinski definition) is 13. The lowest BCUT2D eigenvalue weighted by Crippen LogP contribution is -2.61. The number of fused-ring (bicyclic) bond motifs is 3. The standard InChI is InChI=1S/C54H86N6O12/c1-31-17-13-12-14-18-32(2)40(57-52(55)58-53(56)59(8)9)29-39-22-20-37(7)54(68,72-39)49(65)50(66)60-24-16-15-19-41(60)51(67)71-44(34(4)27-38-21-23-42(61)45(28-38)69-10)30-43(62)33(3)26-36(6)47(64)48(70-11)46(63)35(5)25-31/h12-14,17-18,26,31,33-35,37-42,44-45,47-48,61,64,68H,15-16,19-25,27-30H2,1-11H3,(H4,55,56,57,58)/b14-12+,17-13+,32-18-,36-26+/t31-,33-,34?,35-,37-,38-,39+,40?,41+,42-,44+,45-,47-,48+,54-/m1/s1. The number of hydrogen-bond donors (Lipinski definition) is 5. The van der Waals surface area contributed by atoms with Crippen molar-refractivity contribution >= 4 is 41.1 Å². The summed E-state index contributed by atoms with van der Waals surface area (Å²) in [4.78, 5) is 83.0. The average molecular weight is 1010 g/mol. The minimum absolute atomic E-state index is 0.0358. The number of allylic oxidation sites excluding steroid dienone is 6. The number of nitrogens with zero attached hydrogens (tertiary/aromatic N) is 4. The second-order valence-electron chi connectivity index (χ2n) is 21.2. The molecule has 0 spiro atoms. The molecule has 4 rings (SSSR count). The van der Waals surface area contributed by atoms with Gasteiger partial charge in [-0.25, -0.2) is 9.79 Å². The van der Waals surface area contributed by atoms with E-state index in [2.05, 4.69) is 9.98 Å². The molecule has 2 unspecified atom stereocenters. The molecule has 0 aromatic carbocycles. The molecule has 404 valence electrons. The number of cyclic esters (lactones) is 1. The van der Waals surface area contributed by atoms with Crippen LogP contribution in [0.5, 0.6) is 0 Å². The Hall–Kier alpha value is -4.59. The van der Waals surface area contributed by atoms with Crippen LogP contribution < -0.4 is 11.5 Å². The summed E-state index contributed by atoms with van der Waals surface area (Å²) in [6.45, 7) is 12.5. The highest BCUT2D eigenvalue weighted by Crippen LogP contribution is 2.38. The fourth-order valence-electron chi connectivity index (χ4n) is 10.4. The van der Waals surface area contributed by atoms with Crippen LogP contribution in [0.15, 0.2) is 57.6 Å². The molecule has 18 heteroatoms. The molecule has 15 atom stereocenters. The number of Topliss-reactive ketones (excluding diaryl/α,β-unsaturated/α-hetero) is 3. The second kappa shape index (κ2) is 27.6. The third kappa shape index (κ3) is 16.2. The first-order valence-electron chi connectivity index (χ1n) is 25.9. The van der Waals surface area contributed by atoms with Crippen molar-refractivity contribution < 1.29 is 58.2 Å². The number of piperidine rings is 1. The molecule has 1 saturated carbocycles. The number of carbonyl (C=O) groups excluding carboxylic acids is 5. The number of ether oxygens (including phenoxy) is 4. The second-order valence-corrected chi connectivity index (χ2v) is 21.2. The first-order chi connectivity index (χ1) is 33.9. The van der Waals surface area contributed by atoms with Crippen molar-refractivity contribution in [3.05, 3.63) is 47.6 Å². The molecular weight excluding hydrogens is 925 g/mol. The molecule has 0 aromatic rings. The van der Waals surface area contributed by atoms with Crippen LogP contribution in [0.4, 0.5) is 0 Å². The summed E-state index contributed by atoms with van der Waals surface area (Å²) in [6, 6.07) is -1.85. The van der Waals surface area contributed by atoms with Gasteiger partial charge in [-0.2, -0.15) is 4.99 Å². The van der Waals surface area contributed by atoms with Crippen molar-refractivity contribution in [3.63, 3.8) is 0 Å². The van der Waals surface area contributed by atoms with Crippen molar-refractivity contribution in [2.75, 3.05) is 34.9 Å². The predicted octanol–water partition coefficient (Wildman–Crippen LogP) is 4.73. The number of rotatable bonds is 6. The number of methoxy groups -OCH3 is 2. The molecule has 3 aliphatic heterocycles. The van der Waals surface area contributed by atoms with Crippen LogP contribution in [0, 0.1) is 35.5 Å². The fourth-order valence-corrected chi connectivity index (χ4v) is 10.4. The van der Waals surface area contributed by atoms with Gasteiger partial charge in [-0.3, -0.25) is 19.2 Å². The SMILES string of the molecule is CO[C@@H]1C[C@@H](CC(C)[C@@H]2CC(=O)[C@H](C)/C=C(\C)[C@@H](O)[C@@H](OC)C(=O)[C@H](C)C[C@H](C)/C=C/C=C/C=C(/C)C(N=C(N)N=C(N)N(C)C)C[C@@H]3CC[C@@H](C)[C@@](O)(O3)C(=O)C(=O)N3CCCC[C@H]3C(=O)O2)CC[C@H]1O. The van der Waals surface area contributed by atoms with Crippen molar-refractivity contribution in [1.82, 2.24) is 9.80 Å². The summed E-state index contributed by atoms with van der Waals surface area (Å²) >= 11 is 0. The van der Waals surface area contributed by atoms with Crippen molar-refractivity contribution in [3.8, 4) is 0 Å². The van der Waals surface area contributed by atoms with E-state index in [0.717, 1.165) is 10.5 Å². The third-order valence-electron chi connectivity index (χ3n) is 15.2.